The van der Waals surface area contributed by atoms with Gasteiger partial charge in [-0.25, -0.2) is 9.78 Å². The molecule has 0 aliphatic rings. The lowest BCUT2D eigenvalue weighted by Crippen LogP contribution is -2.59. The first kappa shape index (κ1) is 26.6. The zero-order valence-corrected chi connectivity index (χ0v) is 18.1. The van der Waals surface area contributed by atoms with Crippen LogP contribution >= 0.6 is 0 Å². The average Bonchev–Trinajstić information content (AvgIpc) is 3.22. The minimum Gasteiger partial charge on any atom is -0.481 e. The average molecular weight is 454 g/mol. The summed E-state index contributed by atoms with van der Waals surface area (Å²) in [5.41, 5.74) is 6.12. The first-order valence-corrected chi connectivity index (χ1v) is 10.0. The molecule has 0 aliphatic carbocycles. The van der Waals surface area contributed by atoms with Crippen LogP contribution in [0.25, 0.3) is 0 Å². The number of aliphatic carboxylic acids is 2. The molecule has 0 fully saturated rings. The molecule has 1 aromatic rings. The molecule has 5 atom stereocenters. The molecular weight excluding hydrogens is 424 g/mol. The SMILES string of the molecule is CCC(C)C(NC(=O)C(Cc1cnc[nH]1)NC(=O)C(C)N)C(=O)NC(CC(=O)O)C(=O)O. The van der Waals surface area contributed by atoms with Crippen molar-refractivity contribution >= 4 is 29.7 Å². The summed E-state index contributed by atoms with van der Waals surface area (Å²) in [4.78, 5) is 66.6. The van der Waals surface area contributed by atoms with Crippen LogP contribution in [-0.4, -0.2) is 74.0 Å². The van der Waals surface area contributed by atoms with Crippen LogP contribution in [-0.2, 0) is 30.4 Å². The molecule has 0 aliphatic heterocycles. The first-order chi connectivity index (χ1) is 15.0. The Bertz CT molecular complexity index is 811. The lowest BCUT2D eigenvalue weighted by atomic mass is 9.97. The number of H-pyrrole nitrogens is 1. The monoisotopic (exact) mass is 454 g/mol. The van der Waals surface area contributed by atoms with Gasteiger partial charge in [-0.1, -0.05) is 20.3 Å². The van der Waals surface area contributed by atoms with Gasteiger partial charge in [-0.15, -0.1) is 0 Å². The van der Waals surface area contributed by atoms with Crippen molar-refractivity contribution in [1.29, 1.82) is 0 Å². The number of aromatic amines is 1. The van der Waals surface area contributed by atoms with Crippen LogP contribution in [0.1, 0.15) is 39.3 Å². The standard InChI is InChI=1S/C19H30N6O7/c1-4-9(2)15(18(30)24-13(19(31)32)6-14(26)27)25-17(29)12(23-16(28)10(3)20)5-11-7-21-8-22-11/h7-10,12-13,15H,4-6,20H2,1-3H3,(H,21,22)(H,23,28)(H,24,30)(H,25,29)(H,26,27)(H,31,32). The molecule has 0 saturated carbocycles. The predicted molar refractivity (Wildman–Crippen MR) is 111 cm³/mol. The summed E-state index contributed by atoms with van der Waals surface area (Å²) in [6, 6.07) is -4.81. The molecule has 13 nitrogen and oxygen atoms in total. The number of aromatic nitrogens is 2. The number of carboxylic acid groups (broad SMARTS) is 2. The fraction of sp³-hybridized carbons (Fsp3) is 0.579. The molecule has 13 heteroatoms. The van der Waals surface area contributed by atoms with E-state index in [1.54, 1.807) is 13.8 Å². The van der Waals surface area contributed by atoms with E-state index in [9.17, 15) is 29.1 Å². The molecule has 0 spiro atoms. The number of carbonyl (C=O) groups excluding carboxylic acids is 3. The largest absolute Gasteiger partial charge is 0.481 e. The van der Waals surface area contributed by atoms with Crippen molar-refractivity contribution in [1.82, 2.24) is 25.9 Å². The van der Waals surface area contributed by atoms with Gasteiger partial charge in [0.05, 0.1) is 18.8 Å². The Balaban J connectivity index is 3.05. The van der Waals surface area contributed by atoms with Gasteiger partial charge in [0.25, 0.3) is 0 Å². The molecule has 0 saturated heterocycles. The smallest absolute Gasteiger partial charge is 0.326 e. The van der Waals surface area contributed by atoms with Gasteiger partial charge in [-0.05, 0) is 12.8 Å². The van der Waals surface area contributed by atoms with Gasteiger partial charge in [0, 0.05) is 18.3 Å². The summed E-state index contributed by atoms with van der Waals surface area (Å²) in [6.07, 6.45) is 2.54. The molecule has 1 rings (SSSR count). The summed E-state index contributed by atoms with van der Waals surface area (Å²) in [7, 11) is 0. The molecule has 8 N–H and O–H groups in total. The van der Waals surface area contributed by atoms with E-state index in [2.05, 4.69) is 25.9 Å². The lowest BCUT2D eigenvalue weighted by Gasteiger charge is -2.27. The summed E-state index contributed by atoms with van der Waals surface area (Å²) in [6.45, 7) is 4.88. The number of nitrogens with zero attached hydrogens (tertiary/aromatic N) is 1. The number of carboxylic acids is 2. The van der Waals surface area contributed by atoms with E-state index in [1.807, 2.05) is 0 Å². The number of nitrogens with two attached hydrogens (primary N) is 1. The van der Waals surface area contributed by atoms with Gasteiger partial charge >= 0.3 is 11.9 Å². The van der Waals surface area contributed by atoms with E-state index in [0.717, 1.165) is 0 Å². The zero-order valence-electron chi connectivity index (χ0n) is 18.1. The summed E-state index contributed by atoms with van der Waals surface area (Å²) >= 11 is 0. The minimum atomic E-state index is -1.66. The van der Waals surface area contributed by atoms with E-state index >= 15 is 0 Å². The highest BCUT2D eigenvalue weighted by Gasteiger charge is 2.33. The molecule has 1 heterocycles. The van der Waals surface area contributed by atoms with E-state index < -0.39 is 66.2 Å². The maximum atomic E-state index is 13.0. The van der Waals surface area contributed by atoms with Crippen LogP contribution < -0.4 is 21.7 Å². The second kappa shape index (κ2) is 12.4. The number of hydrogen-bond donors (Lipinski definition) is 7. The van der Waals surface area contributed by atoms with Crippen LogP contribution in [0.5, 0.6) is 0 Å². The van der Waals surface area contributed by atoms with Crippen LogP contribution in [0.2, 0.25) is 0 Å². The molecule has 1 aromatic heterocycles. The van der Waals surface area contributed by atoms with Crippen LogP contribution in [0.4, 0.5) is 0 Å². The molecule has 0 aromatic carbocycles. The van der Waals surface area contributed by atoms with Crippen LogP contribution in [0.3, 0.4) is 0 Å². The molecule has 0 radical (unpaired) electrons. The Morgan fingerprint density at radius 3 is 2.12 bits per heavy atom. The van der Waals surface area contributed by atoms with Crippen molar-refractivity contribution in [2.75, 3.05) is 0 Å². The third-order valence-electron chi connectivity index (χ3n) is 4.81. The topological polar surface area (TPSA) is 217 Å². The van der Waals surface area contributed by atoms with Crippen LogP contribution in [0, 0.1) is 5.92 Å². The third kappa shape index (κ3) is 8.34. The Morgan fingerprint density at radius 2 is 1.66 bits per heavy atom. The Kier molecular flexibility index (Phi) is 10.3. The highest BCUT2D eigenvalue weighted by atomic mass is 16.4. The number of hydrogen-bond acceptors (Lipinski definition) is 7. The van der Waals surface area contributed by atoms with Gasteiger partial charge in [-0.3, -0.25) is 19.2 Å². The fourth-order valence-corrected chi connectivity index (χ4v) is 2.72. The second-order valence-corrected chi connectivity index (χ2v) is 7.50. The van der Waals surface area contributed by atoms with Crippen molar-refractivity contribution in [2.24, 2.45) is 11.7 Å². The summed E-state index contributed by atoms with van der Waals surface area (Å²) in [5, 5.41) is 25.3. The maximum Gasteiger partial charge on any atom is 0.326 e. The number of amides is 3. The lowest BCUT2D eigenvalue weighted by molar-refractivity contribution is -0.147. The summed E-state index contributed by atoms with van der Waals surface area (Å²) in [5.74, 6) is -5.47. The van der Waals surface area contributed by atoms with E-state index in [0.29, 0.717) is 12.1 Å². The molecule has 178 valence electrons. The maximum absolute atomic E-state index is 13.0. The van der Waals surface area contributed by atoms with Crippen molar-refractivity contribution in [2.45, 2.75) is 64.2 Å². The Labute approximate surface area is 184 Å². The van der Waals surface area contributed by atoms with E-state index in [-0.39, 0.29) is 6.42 Å². The number of imidazole rings is 1. The predicted octanol–water partition coefficient (Wildman–Crippen LogP) is -1.64. The molecule has 5 unspecified atom stereocenters. The van der Waals surface area contributed by atoms with E-state index in [1.165, 1.54) is 19.4 Å². The van der Waals surface area contributed by atoms with Gasteiger partial charge < -0.3 is 36.9 Å². The molecular formula is C19H30N6O7. The van der Waals surface area contributed by atoms with Crippen molar-refractivity contribution in [3.05, 3.63) is 18.2 Å². The normalized spacial score (nSPS) is 15.5. The minimum absolute atomic E-state index is 0.0376. The zero-order chi connectivity index (χ0) is 24.4. The number of carbonyl (C=O) groups is 5. The second-order valence-electron chi connectivity index (χ2n) is 7.50. The number of nitrogens with one attached hydrogen (secondary N) is 4. The molecule has 0 bridgehead atoms. The fourth-order valence-electron chi connectivity index (χ4n) is 2.72. The third-order valence-corrected chi connectivity index (χ3v) is 4.81. The van der Waals surface area contributed by atoms with Crippen molar-refractivity contribution in [3.8, 4) is 0 Å². The van der Waals surface area contributed by atoms with Crippen molar-refractivity contribution in [3.63, 3.8) is 0 Å². The van der Waals surface area contributed by atoms with Crippen molar-refractivity contribution < 1.29 is 34.2 Å². The Morgan fingerprint density at radius 1 is 1.03 bits per heavy atom. The van der Waals surface area contributed by atoms with Crippen LogP contribution in [0.15, 0.2) is 12.5 Å². The molecule has 32 heavy (non-hydrogen) atoms. The van der Waals surface area contributed by atoms with Gasteiger partial charge in [0.2, 0.25) is 17.7 Å². The highest BCUT2D eigenvalue weighted by Crippen LogP contribution is 2.10. The quantitative estimate of drug-likeness (QED) is 0.181. The first-order valence-electron chi connectivity index (χ1n) is 10.0. The highest BCUT2D eigenvalue weighted by molar-refractivity contribution is 5.94. The van der Waals surface area contributed by atoms with Gasteiger partial charge in [0.1, 0.15) is 18.1 Å². The van der Waals surface area contributed by atoms with E-state index in [4.69, 9.17) is 10.8 Å². The number of rotatable bonds is 13. The summed E-state index contributed by atoms with van der Waals surface area (Å²) < 4.78 is 0. The Hall–Kier alpha value is -3.48. The van der Waals surface area contributed by atoms with Gasteiger partial charge in [-0.2, -0.15) is 0 Å². The molecule has 3 amide bonds. The van der Waals surface area contributed by atoms with Gasteiger partial charge in [0.15, 0.2) is 0 Å².